The van der Waals surface area contributed by atoms with E-state index in [9.17, 15) is 18.0 Å². The van der Waals surface area contributed by atoms with Crippen LogP contribution in [0.5, 0.6) is 0 Å². The molecular weight excluding hydrogens is 489 g/mol. The number of alkyl halides is 3. The monoisotopic (exact) mass is 518 g/mol. The summed E-state index contributed by atoms with van der Waals surface area (Å²) in [5.74, 6) is 0.650. The summed E-state index contributed by atoms with van der Waals surface area (Å²) in [6.07, 6.45) is 0.400. The van der Waals surface area contributed by atoms with Crippen LogP contribution in [0.4, 0.5) is 24.5 Å². The Labute approximate surface area is 214 Å². The van der Waals surface area contributed by atoms with E-state index >= 15 is 0 Å². The van der Waals surface area contributed by atoms with E-state index in [0.29, 0.717) is 36.1 Å². The van der Waals surface area contributed by atoms with Crippen LogP contribution in [0.25, 0.3) is 0 Å². The fraction of sp³-hybridized carbons (Fsp3) is 0.481. The molecule has 192 valence electrons. The third kappa shape index (κ3) is 6.64. The number of nitriles is 1. The number of piperazine rings is 1. The minimum absolute atomic E-state index is 0.0897. The number of amides is 1. The summed E-state index contributed by atoms with van der Waals surface area (Å²) in [5.41, 5.74) is 0.231. The first kappa shape index (κ1) is 26.2. The van der Waals surface area contributed by atoms with Gasteiger partial charge in [-0.1, -0.05) is 11.6 Å². The first-order valence-electron chi connectivity index (χ1n) is 12.4. The molecule has 5 nitrogen and oxygen atoms in total. The number of carbonyl (C=O) groups is 1. The molecule has 2 aromatic rings. The van der Waals surface area contributed by atoms with Crippen LogP contribution in [0.2, 0.25) is 5.02 Å². The van der Waals surface area contributed by atoms with Gasteiger partial charge in [0.1, 0.15) is 0 Å². The smallest absolute Gasteiger partial charge is 0.382 e. The van der Waals surface area contributed by atoms with Gasteiger partial charge in [0.15, 0.2) is 0 Å². The lowest BCUT2D eigenvalue weighted by Gasteiger charge is -2.36. The van der Waals surface area contributed by atoms with Crippen molar-refractivity contribution in [1.82, 2.24) is 4.90 Å². The van der Waals surface area contributed by atoms with Crippen molar-refractivity contribution in [2.75, 3.05) is 36.4 Å². The predicted molar refractivity (Wildman–Crippen MR) is 135 cm³/mol. The fourth-order valence-electron chi connectivity index (χ4n) is 5.15. The zero-order valence-corrected chi connectivity index (χ0v) is 20.8. The molecule has 1 saturated heterocycles. The van der Waals surface area contributed by atoms with Crippen LogP contribution in [0.15, 0.2) is 42.5 Å². The number of nitrogens with one attached hydrogen (secondary N) is 1. The first-order chi connectivity index (χ1) is 17.2. The number of hydrogen-bond acceptors (Lipinski definition) is 4. The fourth-order valence-corrected chi connectivity index (χ4v) is 5.27. The molecule has 0 atom stereocenters. The van der Waals surface area contributed by atoms with Crippen LogP contribution in [0, 0.1) is 17.2 Å². The molecule has 1 N–H and O–H groups in total. The normalized spacial score (nSPS) is 20.6. The van der Waals surface area contributed by atoms with Crippen molar-refractivity contribution in [2.24, 2.45) is 5.92 Å². The summed E-state index contributed by atoms with van der Waals surface area (Å²) in [4.78, 5) is 17.0. The largest absolute Gasteiger partial charge is 0.417 e. The highest BCUT2D eigenvalue weighted by Gasteiger charge is 2.34. The molecule has 0 unspecified atom stereocenters. The van der Waals surface area contributed by atoms with Gasteiger partial charge in [-0.2, -0.15) is 18.4 Å². The zero-order chi connectivity index (χ0) is 25.7. The molecule has 1 amide bonds. The van der Waals surface area contributed by atoms with Crippen LogP contribution < -0.4 is 10.2 Å². The maximum absolute atomic E-state index is 13.2. The number of hydrogen-bond donors (Lipinski definition) is 1. The van der Waals surface area contributed by atoms with Gasteiger partial charge < -0.3 is 15.1 Å². The Morgan fingerprint density at radius 2 is 1.69 bits per heavy atom. The average molecular weight is 519 g/mol. The van der Waals surface area contributed by atoms with Gasteiger partial charge >= 0.3 is 6.18 Å². The molecule has 2 aromatic carbocycles. The molecule has 0 aromatic heterocycles. The number of benzene rings is 2. The number of halogens is 4. The molecule has 0 radical (unpaired) electrons. The van der Waals surface area contributed by atoms with E-state index in [1.165, 1.54) is 12.1 Å². The zero-order valence-electron chi connectivity index (χ0n) is 20.0. The van der Waals surface area contributed by atoms with Gasteiger partial charge in [0, 0.05) is 55.0 Å². The Balaban J connectivity index is 1.19. The summed E-state index contributed by atoms with van der Waals surface area (Å²) in [7, 11) is 0. The minimum atomic E-state index is -4.56. The van der Waals surface area contributed by atoms with Crippen LogP contribution in [-0.2, 0) is 11.0 Å². The van der Waals surface area contributed by atoms with Crippen LogP contribution >= 0.6 is 11.6 Å². The summed E-state index contributed by atoms with van der Waals surface area (Å²) >= 11 is 5.97. The Morgan fingerprint density at radius 1 is 1.03 bits per heavy atom. The third-order valence-electron chi connectivity index (χ3n) is 7.25. The van der Waals surface area contributed by atoms with E-state index in [-0.39, 0.29) is 17.5 Å². The summed E-state index contributed by atoms with van der Waals surface area (Å²) in [6.45, 7) is 3.02. The van der Waals surface area contributed by atoms with E-state index in [4.69, 9.17) is 16.9 Å². The second-order valence-corrected chi connectivity index (χ2v) is 10.1. The number of rotatable bonds is 6. The maximum Gasteiger partial charge on any atom is 0.417 e. The number of anilines is 2. The van der Waals surface area contributed by atoms with Crippen LogP contribution in [0.1, 0.15) is 49.7 Å². The van der Waals surface area contributed by atoms with Crippen molar-refractivity contribution in [3.8, 4) is 6.07 Å². The predicted octanol–water partition coefficient (Wildman–Crippen LogP) is 6.33. The van der Waals surface area contributed by atoms with Crippen molar-refractivity contribution in [1.29, 1.82) is 5.26 Å². The summed E-state index contributed by atoms with van der Waals surface area (Å²) in [5, 5.41) is 12.9. The number of nitrogens with zero attached hydrogens (tertiary/aromatic N) is 3. The highest BCUT2D eigenvalue weighted by atomic mass is 35.5. The third-order valence-corrected chi connectivity index (χ3v) is 7.51. The van der Waals surface area contributed by atoms with Gasteiger partial charge in [-0.25, -0.2) is 0 Å². The van der Waals surface area contributed by atoms with Crippen molar-refractivity contribution in [3.63, 3.8) is 0 Å². The molecule has 2 fully saturated rings. The quantitative estimate of drug-likeness (QED) is 0.485. The van der Waals surface area contributed by atoms with E-state index in [1.807, 2.05) is 29.2 Å². The van der Waals surface area contributed by atoms with Gasteiger partial charge in [0.2, 0.25) is 5.91 Å². The van der Waals surface area contributed by atoms with Gasteiger partial charge in [0.05, 0.1) is 17.2 Å². The second-order valence-electron chi connectivity index (χ2n) is 9.61. The van der Waals surface area contributed by atoms with Crippen molar-refractivity contribution < 1.29 is 18.0 Å². The average Bonchev–Trinajstić information content (AvgIpc) is 2.88. The lowest BCUT2D eigenvalue weighted by molar-refractivity contribution is -0.137. The van der Waals surface area contributed by atoms with Crippen molar-refractivity contribution in [3.05, 3.63) is 58.6 Å². The molecule has 4 rings (SSSR count). The molecular formula is C27H30ClF3N4O. The molecule has 2 aliphatic rings. The van der Waals surface area contributed by atoms with Gasteiger partial charge in [-0.3, -0.25) is 4.79 Å². The van der Waals surface area contributed by atoms with Gasteiger partial charge in [-0.05, 0) is 80.5 Å². The standard InChI is InChI=1S/C27H30ClF3N4O/c28-21-5-10-24(11-6-21)34-13-15-35(16-14-34)26(36)12-3-19-1-7-22(8-2-19)33-23-9-4-20(18-32)25(17-23)27(29,30)31/h4-6,9-11,17,19,22,33H,1-3,7-8,12-16H2. The second kappa shape index (κ2) is 11.4. The van der Waals surface area contributed by atoms with E-state index < -0.39 is 11.7 Å². The first-order valence-corrected chi connectivity index (χ1v) is 12.8. The molecule has 1 heterocycles. The Morgan fingerprint density at radius 3 is 2.31 bits per heavy atom. The minimum Gasteiger partial charge on any atom is -0.382 e. The Bertz CT molecular complexity index is 1080. The van der Waals surface area contributed by atoms with Crippen molar-refractivity contribution in [2.45, 2.75) is 50.7 Å². The molecule has 0 bridgehead atoms. The highest BCUT2D eigenvalue weighted by molar-refractivity contribution is 6.30. The van der Waals surface area contributed by atoms with Crippen LogP contribution in [0.3, 0.4) is 0 Å². The highest BCUT2D eigenvalue weighted by Crippen LogP contribution is 2.35. The lowest BCUT2D eigenvalue weighted by atomic mass is 9.83. The molecule has 1 aliphatic carbocycles. The van der Waals surface area contributed by atoms with E-state index in [1.54, 1.807) is 6.07 Å². The summed E-state index contributed by atoms with van der Waals surface area (Å²) < 4.78 is 39.7. The van der Waals surface area contributed by atoms with Crippen molar-refractivity contribution >= 4 is 28.9 Å². The molecule has 1 aliphatic heterocycles. The van der Waals surface area contributed by atoms with Gasteiger partial charge in [0.25, 0.3) is 0 Å². The molecule has 36 heavy (non-hydrogen) atoms. The lowest BCUT2D eigenvalue weighted by Crippen LogP contribution is -2.48. The molecule has 9 heteroatoms. The number of carbonyl (C=O) groups excluding carboxylic acids is 1. The molecule has 0 spiro atoms. The molecule has 1 saturated carbocycles. The Hall–Kier alpha value is -2.92. The SMILES string of the molecule is N#Cc1ccc(NC2CCC(CCC(=O)N3CCN(c4ccc(Cl)cc4)CC3)CC2)cc1C(F)(F)F. The topological polar surface area (TPSA) is 59.4 Å². The van der Waals surface area contributed by atoms with E-state index in [2.05, 4.69) is 10.2 Å². The van der Waals surface area contributed by atoms with Gasteiger partial charge in [-0.15, -0.1) is 0 Å². The van der Waals surface area contributed by atoms with Crippen LogP contribution in [-0.4, -0.2) is 43.0 Å². The summed E-state index contributed by atoms with van der Waals surface area (Å²) in [6, 6.07) is 13.2. The Kier molecular flexibility index (Phi) is 8.30. The maximum atomic E-state index is 13.2. The van der Waals surface area contributed by atoms with E-state index in [0.717, 1.165) is 56.9 Å².